The molecule has 0 spiro atoms. The zero-order chi connectivity index (χ0) is 11.5. The zero-order valence-electron chi connectivity index (χ0n) is 10.4. The summed E-state index contributed by atoms with van der Waals surface area (Å²) in [6, 6.07) is 0.431. The molecule has 0 radical (unpaired) electrons. The Kier molecular flexibility index (Phi) is 4.56. The molecular weight excluding hydrogens is 190 g/mol. The van der Waals surface area contributed by atoms with Crippen LogP contribution in [0, 0.1) is 0 Å². The number of aliphatic hydroxyl groups is 1. The molecule has 3 nitrogen and oxygen atoms in total. The van der Waals surface area contributed by atoms with Gasteiger partial charge in [0.15, 0.2) is 0 Å². The Morgan fingerprint density at radius 3 is 2.60 bits per heavy atom. The molecule has 1 aliphatic rings. The van der Waals surface area contributed by atoms with Crippen molar-refractivity contribution >= 4 is 0 Å². The monoisotopic (exact) mass is 215 g/mol. The van der Waals surface area contributed by atoms with Gasteiger partial charge in [-0.1, -0.05) is 13.8 Å². The van der Waals surface area contributed by atoms with E-state index in [0.717, 1.165) is 19.3 Å². The van der Waals surface area contributed by atoms with Crippen molar-refractivity contribution in [2.75, 3.05) is 6.54 Å². The quantitative estimate of drug-likeness (QED) is 0.733. The highest BCUT2D eigenvalue weighted by atomic mass is 16.5. The Labute approximate surface area is 93.2 Å². The molecule has 0 aromatic rings. The average Bonchev–Trinajstić information content (AvgIpc) is 2.42. The predicted molar refractivity (Wildman–Crippen MR) is 61.9 cm³/mol. The summed E-state index contributed by atoms with van der Waals surface area (Å²) in [5, 5.41) is 13.0. The lowest BCUT2D eigenvalue weighted by molar-refractivity contribution is -0.0344. The van der Waals surface area contributed by atoms with E-state index in [4.69, 9.17) is 4.74 Å². The highest BCUT2D eigenvalue weighted by molar-refractivity contribution is 4.82. The number of hydrogen-bond acceptors (Lipinski definition) is 3. The fourth-order valence-electron chi connectivity index (χ4n) is 2.00. The molecule has 1 saturated heterocycles. The molecule has 1 aliphatic heterocycles. The van der Waals surface area contributed by atoms with E-state index >= 15 is 0 Å². The topological polar surface area (TPSA) is 41.5 Å². The van der Waals surface area contributed by atoms with E-state index in [0.29, 0.717) is 12.6 Å². The van der Waals surface area contributed by atoms with E-state index in [9.17, 15) is 5.11 Å². The van der Waals surface area contributed by atoms with Crippen LogP contribution in [0.15, 0.2) is 0 Å². The maximum absolute atomic E-state index is 9.79. The highest BCUT2D eigenvalue weighted by Crippen LogP contribution is 2.31. The molecule has 2 unspecified atom stereocenters. The normalized spacial score (nSPS) is 27.2. The van der Waals surface area contributed by atoms with Crippen molar-refractivity contribution in [3.8, 4) is 0 Å². The summed E-state index contributed by atoms with van der Waals surface area (Å²) in [4.78, 5) is 0. The molecule has 0 aromatic carbocycles. The fraction of sp³-hybridized carbons (Fsp3) is 1.00. The van der Waals surface area contributed by atoms with Crippen molar-refractivity contribution < 1.29 is 9.84 Å². The van der Waals surface area contributed by atoms with Gasteiger partial charge in [0.2, 0.25) is 0 Å². The van der Waals surface area contributed by atoms with E-state index in [2.05, 4.69) is 33.0 Å². The van der Waals surface area contributed by atoms with E-state index in [1.807, 2.05) is 0 Å². The number of hydrogen-bond donors (Lipinski definition) is 2. The zero-order valence-corrected chi connectivity index (χ0v) is 10.4. The van der Waals surface area contributed by atoms with Crippen LogP contribution in [0.25, 0.3) is 0 Å². The van der Waals surface area contributed by atoms with Crippen molar-refractivity contribution in [3.05, 3.63) is 0 Å². The smallest absolute Gasteiger partial charge is 0.0689 e. The van der Waals surface area contributed by atoms with Crippen LogP contribution in [-0.4, -0.2) is 35.5 Å². The summed E-state index contributed by atoms with van der Waals surface area (Å²) in [6.45, 7) is 9.07. The third-order valence-electron chi connectivity index (χ3n) is 2.85. The van der Waals surface area contributed by atoms with Gasteiger partial charge in [-0.2, -0.15) is 0 Å². The van der Waals surface area contributed by atoms with E-state index in [-0.39, 0.29) is 17.8 Å². The predicted octanol–water partition coefficient (Wildman–Crippen LogP) is 1.69. The van der Waals surface area contributed by atoms with Crippen molar-refractivity contribution in [2.45, 2.75) is 70.8 Å². The molecule has 15 heavy (non-hydrogen) atoms. The molecule has 90 valence electrons. The minimum Gasteiger partial charge on any atom is -0.392 e. The Morgan fingerprint density at radius 1 is 1.47 bits per heavy atom. The molecule has 1 rings (SSSR count). The molecule has 0 amide bonds. The molecule has 0 aromatic heterocycles. The van der Waals surface area contributed by atoms with E-state index in [1.54, 1.807) is 0 Å². The van der Waals surface area contributed by atoms with Crippen molar-refractivity contribution in [2.24, 2.45) is 0 Å². The van der Waals surface area contributed by atoms with Gasteiger partial charge in [-0.25, -0.2) is 0 Å². The Morgan fingerprint density at radius 2 is 2.13 bits per heavy atom. The number of rotatable bonds is 5. The number of aliphatic hydroxyl groups excluding tert-OH is 1. The van der Waals surface area contributed by atoms with Crippen molar-refractivity contribution in [3.63, 3.8) is 0 Å². The first-order valence-corrected chi connectivity index (χ1v) is 5.98. The lowest BCUT2D eigenvalue weighted by Gasteiger charge is -2.21. The largest absolute Gasteiger partial charge is 0.392 e. The lowest BCUT2D eigenvalue weighted by atomic mass is 10.0. The first kappa shape index (κ1) is 12.9. The van der Waals surface area contributed by atoms with Gasteiger partial charge in [0.25, 0.3) is 0 Å². The minimum atomic E-state index is -0.286. The van der Waals surface area contributed by atoms with E-state index < -0.39 is 0 Å². The van der Waals surface area contributed by atoms with Gasteiger partial charge in [0.1, 0.15) is 0 Å². The van der Waals surface area contributed by atoms with Gasteiger partial charge in [-0.05, 0) is 26.7 Å². The van der Waals surface area contributed by atoms with Crippen LogP contribution < -0.4 is 5.32 Å². The van der Waals surface area contributed by atoms with Gasteiger partial charge in [0, 0.05) is 19.0 Å². The maximum Gasteiger partial charge on any atom is 0.0689 e. The first-order chi connectivity index (χ1) is 6.89. The summed E-state index contributed by atoms with van der Waals surface area (Å²) in [5.74, 6) is 0. The van der Waals surface area contributed by atoms with E-state index in [1.165, 1.54) is 0 Å². The summed E-state index contributed by atoms with van der Waals surface area (Å²) in [6.07, 6.45) is 2.88. The molecule has 2 N–H and O–H groups in total. The maximum atomic E-state index is 9.79. The van der Waals surface area contributed by atoms with Crippen LogP contribution in [-0.2, 0) is 4.74 Å². The van der Waals surface area contributed by atoms with Crippen LogP contribution in [0.4, 0.5) is 0 Å². The van der Waals surface area contributed by atoms with Gasteiger partial charge >= 0.3 is 0 Å². The third-order valence-corrected chi connectivity index (χ3v) is 2.85. The standard InChI is InChI=1S/C12H25NO2/c1-9(2)13-8-10(14)7-11-5-6-12(3,4)15-11/h9-11,13-14H,5-8H2,1-4H3. The number of nitrogens with one attached hydrogen (secondary N) is 1. The average molecular weight is 215 g/mol. The second-order valence-corrected chi connectivity index (χ2v) is 5.49. The minimum absolute atomic E-state index is 0.00978. The summed E-state index contributed by atoms with van der Waals surface area (Å²) >= 11 is 0. The molecule has 2 atom stereocenters. The fourth-order valence-corrected chi connectivity index (χ4v) is 2.00. The van der Waals surface area contributed by atoms with Gasteiger partial charge in [-0.3, -0.25) is 0 Å². The summed E-state index contributed by atoms with van der Waals surface area (Å²) in [7, 11) is 0. The third kappa shape index (κ3) is 4.96. The molecule has 0 bridgehead atoms. The van der Waals surface area contributed by atoms with Crippen LogP contribution in [0.1, 0.15) is 47.0 Å². The molecule has 3 heteroatoms. The molecule has 1 heterocycles. The Bertz CT molecular complexity index is 192. The Hall–Kier alpha value is -0.120. The molecule has 0 aliphatic carbocycles. The van der Waals surface area contributed by atoms with Crippen LogP contribution >= 0.6 is 0 Å². The van der Waals surface area contributed by atoms with Crippen LogP contribution in [0.3, 0.4) is 0 Å². The van der Waals surface area contributed by atoms with Gasteiger partial charge < -0.3 is 15.2 Å². The molecule has 1 fully saturated rings. The van der Waals surface area contributed by atoms with Crippen LogP contribution in [0.5, 0.6) is 0 Å². The molecular formula is C12H25NO2. The molecule has 0 saturated carbocycles. The van der Waals surface area contributed by atoms with Crippen molar-refractivity contribution in [1.29, 1.82) is 0 Å². The second kappa shape index (κ2) is 5.28. The van der Waals surface area contributed by atoms with Gasteiger partial charge in [-0.15, -0.1) is 0 Å². The highest BCUT2D eigenvalue weighted by Gasteiger charge is 2.32. The van der Waals surface area contributed by atoms with Crippen LogP contribution in [0.2, 0.25) is 0 Å². The summed E-state index contributed by atoms with van der Waals surface area (Å²) < 4.78 is 5.84. The van der Waals surface area contributed by atoms with Crippen molar-refractivity contribution in [1.82, 2.24) is 5.32 Å². The lowest BCUT2D eigenvalue weighted by Crippen LogP contribution is -2.34. The summed E-state index contributed by atoms with van der Waals surface area (Å²) in [5.41, 5.74) is 0.00978. The number of ether oxygens (including phenoxy) is 1. The Balaban J connectivity index is 2.19. The van der Waals surface area contributed by atoms with Gasteiger partial charge in [0.05, 0.1) is 17.8 Å². The first-order valence-electron chi connectivity index (χ1n) is 5.98. The second-order valence-electron chi connectivity index (χ2n) is 5.49. The SMILES string of the molecule is CC(C)NCC(O)CC1CCC(C)(C)O1.